The van der Waals surface area contributed by atoms with Gasteiger partial charge in [0.05, 0.1) is 0 Å². The van der Waals surface area contributed by atoms with Gasteiger partial charge in [0.2, 0.25) is 0 Å². The molecule has 0 aromatic carbocycles. The Hall–Kier alpha value is -0.960. The Labute approximate surface area is 331 Å². The first-order valence-electron chi connectivity index (χ1n) is 24.1. The fraction of sp³-hybridized carbons (Fsp3) is 0.880. The van der Waals surface area contributed by atoms with Crippen LogP contribution in [0.4, 0.5) is 0 Å². The van der Waals surface area contributed by atoms with Gasteiger partial charge in [0.25, 0.3) is 0 Å². The summed E-state index contributed by atoms with van der Waals surface area (Å²) in [4.78, 5) is 33.0. The van der Waals surface area contributed by atoms with Crippen LogP contribution in [0.25, 0.3) is 0 Å². The van der Waals surface area contributed by atoms with Gasteiger partial charge in [-0.05, 0) is 111 Å². The number of ketones is 2. The number of thiophene rings is 1. The molecule has 0 radical (unpaired) electrons. The third-order valence-electron chi connectivity index (χ3n) is 16.1. The van der Waals surface area contributed by atoms with Gasteiger partial charge in [0.15, 0.2) is 0 Å². The number of carbonyl (C=O) groups is 2. The van der Waals surface area contributed by atoms with E-state index >= 15 is 4.79 Å². The first-order valence-corrected chi connectivity index (χ1v) is 24.9. The van der Waals surface area contributed by atoms with Crippen molar-refractivity contribution in [1.82, 2.24) is 0 Å². The molecule has 0 bridgehead atoms. The summed E-state index contributed by atoms with van der Waals surface area (Å²) in [6.45, 7) is 9.26. The SMILES string of the molecule is CCCCCCCCCCCCC1C2C(=O)C3CC(c4ccc(C)s4)CCC3C2C(CCCCCCCCCCCC)C2C(=O)C3CC(C)CCC3C12. The van der Waals surface area contributed by atoms with Crippen molar-refractivity contribution < 1.29 is 9.59 Å². The van der Waals surface area contributed by atoms with E-state index in [1.54, 1.807) is 0 Å². The van der Waals surface area contributed by atoms with E-state index in [1.807, 2.05) is 11.3 Å². The molecule has 0 saturated heterocycles. The van der Waals surface area contributed by atoms with Crippen LogP contribution < -0.4 is 0 Å². The van der Waals surface area contributed by atoms with Crippen LogP contribution in [0.2, 0.25) is 0 Å². The molecule has 12 unspecified atom stereocenters. The summed E-state index contributed by atoms with van der Waals surface area (Å²) in [6, 6.07) is 4.66. The maximum absolute atomic E-state index is 15.1. The first-order chi connectivity index (χ1) is 25.9. The second-order valence-corrected chi connectivity index (χ2v) is 21.0. The van der Waals surface area contributed by atoms with Crippen LogP contribution in [-0.2, 0) is 9.59 Å². The summed E-state index contributed by atoms with van der Waals surface area (Å²) in [5, 5.41) is 0. The van der Waals surface area contributed by atoms with E-state index in [-0.39, 0.29) is 17.8 Å². The molecule has 0 amide bonds. The number of unbranched alkanes of at least 4 members (excludes halogenated alkanes) is 18. The van der Waals surface area contributed by atoms with Crippen LogP contribution in [0.5, 0.6) is 0 Å². The van der Waals surface area contributed by atoms with Gasteiger partial charge in [-0.3, -0.25) is 9.59 Å². The summed E-state index contributed by atoms with van der Waals surface area (Å²) in [7, 11) is 0. The normalized spacial score (nSPS) is 34.9. The molecule has 5 fully saturated rings. The van der Waals surface area contributed by atoms with E-state index in [0.29, 0.717) is 64.8 Å². The third-order valence-corrected chi connectivity index (χ3v) is 17.3. The number of Topliss-reactive ketones (excluding diaryl/α,β-unsaturated/α-hetero) is 2. The molecule has 2 nitrogen and oxygen atoms in total. The Bertz CT molecular complexity index is 1230. The van der Waals surface area contributed by atoms with E-state index in [4.69, 9.17) is 0 Å². The summed E-state index contributed by atoms with van der Waals surface area (Å²) in [6.07, 6.45) is 37.0. The van der Waals surface area contributed by atoms with Crippen LogP contribution in [0.15, 0.2) is 12.1 Å². The molecule has 5 aliphatic rings. The smallest absolute Gasteiger partial charge is 0.139 e. The number of rotatable bonds is 23. The fourth-order valence-electron chi connectivity index (χ4n) is 13.6. The Morgan fingerprint density at radius 1 is 0.547 bits per heavy atom. The molecular formula is C50H82O2S. The lowest BCUT2D eigenvalue weighted by Crippen LogP contribution is -2.48. The highest BCUT2D eigenvalue weighted by molar-refractivity contribution is 7.12. The molecule has 5 saturated carbocycles. The lowest BCUT2D eigenvalue weighted by molar-refractivity contribution is -0.136. The van der Waals surface area contributed by atoms with Gasteiger partial charge in [-0.15, -0.1) is 11.3 Å². The fourth-order valence-corrected chi connectivity index (χ4v) is 14.7. The molecule has 1 aromatic rings. The van der Waals surface area contributed by atoms with E-state index in [0.717, 1.165) is 12.8 Å². The zero-order chi connectivity index (χ0) is 37.2. The molecule has 3 heteroatoms. The highest BCUT2D eigenvalue weighted by Gasteiger charge is 2.67. The van der Waals surface area contributed by atoms with Crippen LogP contribution in [0.1, 0.15) is 216 Å². The molecule has 1 aromatic heterocycles. The Kier molecular flexibility index (Phi) is 16.5. The van der Waals surface area contributed by atoms with Crippen molar-refractivity contribution in [2.45, 2.75) is 213 Å². The molecule has 5 aliphatic carbocycles. The van der Waals surface area contributed by atoms with E-state index in [9.17, 15) is 4.79 Å². The summed E-state index contributed by atoms with van der Waals surface area (Å²) >= 11 is 1.97. The minimum atomic E-state index is 0.243. The van der Waals surface area contributed by atoms with Crippen molar-refractivity contribution in [2.24, 2.45) is 65.1 Å². The minimum Gasteiger partial charge on any atom is -0.299 e. The molecule has 53 heavy (non-hydrogen) atoms. The summed E-state index contributed by atoms with van der Waals surface area (Å²) < 4.78 is 0. The van der Waals surface area contributed by atoms with Gasteiger partial charge in [-0.2, -0.15) is 0 Å². The van der Waals surface area contributed by atoms with Gasteiger partial charge in [0, 0.05) is 33.4 Å². The Morgan fingerprint density at radius 3 is 1.43 bits per heavy atom. The zero-order valence-electron chi connectivity index (χ0n) is 35.1. The van der Waals surface area contributed by atoms with Crippen molar-refractivity contribution in [3.8, 4) is 0 Å². The summed E-state index contributed by atoms with van der Waals surface area (Å²) in [5.74, 6) is 6.65. The number of fused-ring (bicyclic) bond motifs is 6. The predicted molar refractivity (Wildman–Crippen MR) is 226 cm³/mol. The van der Waals surface area contributed by atoms with Crippen molar-refractivity contribution in [3.63, 3.8) is 0 Å². The van der Waals surface area contributed by atoms with Gasteiger partial charge in [0.1, 0.15) is 11.6 Å². The monoisotopic (exact) mass is 747 g/mol. The second kappa shape index (κ2) is 21.0. The van der Waals surface area contributed by atoms with Crippen LogP contribution >= 0.6 is 11.3 Å². The molecule has 0 spiro atoms. The number of carbonyl (C=O) groups excluding carboxylic acids is 2. The zero-order valence-corrected chi connectivity index (χ0v) is 35.9. The lowest BCUT2D eigenvalue weighted by Gasteiger charge is -2.50. The largest absolute Gasteiger partial charge is 0.299 e. The van der Waals surface area contributed by atoms with E-state index in [1.165, 1.54) is 177 Å². The quantitative estimate of drug-likeness (QED) is 0.105. The molecule has 6 rings (SSSR count). The number of hydrogen-bond acceptors (Lipinski definition) is 3. The van der Waals surface area contributed by atoms with Gasteiger partial charge in [-0.25, -0.2) is 0 Å². The molecule has 0 N–H and O–H groups in total. The van der Waals surface area contributed by atoms with E-state index < -0.39 is 0 Å². The van der Waals surface area contributed by atoms with Crippen LogP contribution in [0.3, 0.4) is 0 Å². The van der Waals surface area contributed by atoms with Gasteiger partial charge >= 0.3 is 0 Å². The maximum atomic E-state index is 15.1. The minimum absolute atomic E-state index is 0.243. The Balaban J connectivity index is 1.17. The molecule has 1 heterocycles. The average molecular weight is 747 g/mol. The molecule has 300 valence electrons. The van der Waals surface area contributed by atoms with Crippen molar-refractivity contribution in [3.05, 3.63) is 21.9 Å². The van der Waals surface area contributed by atoms with E-state index in [2.05, 4.69) is 39.8 Å². The van der Waals surface area contributed by atoms with Crippen molar-refractivity contribution in [2.75, 3.05) is 0 Å². The van der Waals surface area contributed by atoms with Crippen molar-refractivity contribution >= 4 is 22.9 Å². The van der Waals surface area contributed by atoms with Crippen LogP contribution in [-0.4, -0.2) is 11.6 Å². The number of hydrogen-bond donors (Lipinski definition) is 0. The standard InChI is InChI=1S/C50H82O2S/c1-5-7-9-11-13-15-17-19-21-23-25-40-45-38-30-27-35(3)33-42(38)49(51)47(45)41(26-24-22-20-18-16-14-12-10-8-6-2)46-39-31-29-37(44-32-28-36(4)53-44)34-43(39)50(52)48(40)46/h28,32,35,37-43,45-48H,5-27,29-31,33-34H2,1-4H3. The van der Waals surface area contributed by atoms with Crippen LogP contribution in [0, 0.1) is 72.0 Å². The second-order valence-electron chi connectivity index (χ2n) is 19.7. The summed E-state index contributed by atoms with van der Waals surface area (Å²) in [5.41, 5.74) is 0. The topological polar surface area (TPSA) is 34.1 Å². The van der Waals surface area contributed by atoms with Gasteiger partial charge < -0.3 is 0 Å². The third kappa shape index (κ3) is 10.1. The van der Waals surface area contributed by atoms with Gasteiger partial charge in [-0.1, -0.05) is 156 Å². The molecule has 12 atom stereocenters. The highest BCUT2D eigenvalue weighted by Crippen LogP contribution is 2.67. The maximum Gasteiger partial charge on any atom is 0.139 e. The van der Waals surface area contributed by atoms with Crippen molar-refractivity contribution in [1.29, 1.82) is 0 Å². The number of aryl methyl sites for hydroxylation is 1. The Morgan fingerprint density at radius 2 is 0.981 bits per heavy atom. The molecule has 0 aliphatic heterocycles. The average Bonchev–Trinajstić information content (AvgIpc) is 3.82. The first kappa shape index (κ1) is 41.7. The highest BCUT2D eigenvalue weighted by atomic mass is 32.1. The molecular weight excluding hydrogens is 665 g/mol. The lowest BCUT2D eigenvalue weighted by atomic mass is 9.53. The predicted octanol–water partition coefficient (Wildman–Crippen LogP) is 15.1.